The predicted octanol–water partition coefficient (Wildman–Crippen LogP) is -1.19. The van der Waals surface area contributed by atoms with Gasteiger partial charge >= 0.3 is 5.69 Å². The Hall–Kier alpha value is -1.72. The van der Waals surface area contributed by atoms with Crippen molar-refractivity contribution in [3.8, 4) is 0 Å². The lowest BCUT2D eigenvalue weighted by Gasteiger charge is -1.85. The molecule has 2 rings (SSSR count). The lowest BCUT2D eigenvalue weighted by Crippen LogP contribution is -2.15. The minimum atomic E-state index is -0.481. The van der Waals surface area contributed by atoms with Crippen LogP contribution in [-0.2, 0) is 0 Å². The van der Waals surface area contributed by atoms with Crippen molar-refractivity contribution >= 4 is 5.78 Å². The standard InChI is InChI=1S/C4H3N5O/c10-4-7-6-3-5-1-2-9(3)8-4/h1-2H,(H,8,10). The van der Waals surface area contributed by atoms with Crippen LogP contribution in [0.4, 0.5) is 0 Å². The van der Waals surface area contributed by atoms with Gasteiger partial charge in [-0.15, -0.1) is 5.10 Å². The fourth-order valence-corrected chi connectivity index (χ4v) is 0.672. The van der Waals surface area contributed by atoms with Crippen LogP contribution in [0.5, 0.6) is 0 Å². The molecule has 0 amide bonds. The van der Waals surface area contributed by atoms with Crippen molar-refractivity contribution in [3.05, 3.63) is 22.9 Å². The summed E-state index contributed by atoms with van der Waals surface area (Å²) in [5, 5.41) is 9.13. The van der Waals surface area contributed by atoms with Crippen LogP contribution < -0.4 is 5.69 Å². The second kappa shape index (κ2) is 1.63. The van der Waals surface area contributed by atoms with E-state index in [1.807, 2.05) is 0 Å². The predicted molar refractivity (Wildman–Crippen MR) is 31.4 cm³/mol. The van der Waals surface area contributed by atoms with Gasteiger partial charge in [-0.05, 0) is 0 Å². The van der Waals surface area contributed by atoms with Gasteiger partial charge in [-0.1, -0.05) is 5.10 Å². The summed E-state index contributed by atoms with van der Waals surface area (Å²) < 4.78 is 1.40. The van der Waals surface area contributed by atoms with Crippen LogP contribution in [0.1, 0.15) is 0 Å². The molecule has 50 valence electrons. The summed E-state index contributed by atoms with van der Waals surface area (Å²) >= 11 is 0. The van der Waals surface area contributed by atoms with Gasteiger partial charge in [0.05, 0.1) is 0 Å². The summed E-state index contributed by atoms with van der Waals surface area (Å²) in [6.07, 6.45) is 3.12. The highest BCUT2D eigenvalue weighted by Gasteiger charge is 1.92. The van der Waals surface area contributed by atoms with Gasteiger partial charge < -0.3 is 0 Å². The summed E-state index contributed by atoms with van der Waals surface area (Å²) in [5.74, 6) is 0.389. The van der Waals surface area contributed by atoms with Crippen LogP contribution in [0.2, 0.25) is 0 Å². The number of aromatic amines is 1. The highest BCUT2D eigenvalue weighted by atomic mass is 16.1. The zero-order valence-corrected chi connectivity index (χ0v) is 4.85. The van der Waals surface area contributed by atoms with Gasteiger partial charge in [-0.3, -0.25) is 0 Å². The quantitative estimate of drug-likeness (QED) is 0.495. The molecule has 6 heteroatoms. The van der Waals surface area contributed by atoms with E-state index in [1.54, 1.807) is 6.20 Å². The monoisotopic (exact) mass is 137 g/mol. The van der Waals surface area contributed by atoms with Gasteiger partial charge in [0.25, 0.3) is 5.78 Å². The van der Waals surface area contributed by atoms with Gasteiger partial charge in [0, 0.05) is 12.4 Å². The van der Waals surface area contributed by atoms with E-state index < -0.39 is 5.69 Å². The third kappa shape index (κ3) is 0.586. The highest BCUT2D eigenvalue weighted by molar-refractivity contribution is 5.20. The lowest BCUT2D eigenvalue weighted by molar-refractivity contribution is 0.784. The van der Waals surface area contributed by atoms with E-state index in [-0.39, 0.29) is 0 Å². The summed E-state index contributed by atoms with van der Waals surface area (Å²) in [5.41, 5.74) is -0.481. The van der Waals surface area contributed by atoms with Crippen molar-refractivity contribution in [2.75, 3.05) is 0 Å². The summed E-state index contributed by atoms with van der Waals surface area (Å²) in [4.78, 5) is 14.3. The number of H-pyrrole nitrogens is 1. The second-order valence-electron chi connectivity index (χ2n) is 1.71. The molecule has 6 nitrogen and oxygen atoms in total. The first kappa shape index (κ1) is 5.10. The van der Waals surface area contributed by atoms with Gasteiger partial charge in [0.1, 0.15) is 0 Å². The molecule has 0 aliphatic heterocycles. The maximum absolute atomic E-state index is 10.5. The van der Waals surface area contributed by atoms with Crippen molar-refractivity contribution in [1.29, 1.82) is 0 Å². The molecule has 2 aromatic heterocycles. The van der Waals surface area contributed by atoms with Crippen molar-refractivity contribution in [2.24, 2.45) is 0 Å². The summed E-state index contributed by atoms with van der Waals surface area (Å²) in [6.45, 7) is 0. The largest absolute Gasteiger partial charge is 0.378 e. The molecule has 0 aliphatic rings. The van der Waals surface area contributed by atoms with Crippen molar-refractivity contribution < 1.29 is 0 Å². The molecule has 0 radical (unpaired) electrons. The number of aromatic nitrogens is 5. The van der Waals surface area contributed by atoms with Gasteiger partial charge in [-0.25, -0.2) is 19.4 Å². The first-order valence-corrected chi connectivity index (χ1v) is 2.62. The molecular formula is C4H3N5O. The zero-order valence-electron chi connectivity index (χ0n) is 4.85. The maximum Gasteiger partial charge on any atom is 0.378 e. The zero-order chi connectivity index (χ0) is 6.97. The van der Waals surface area contributed by atoms with E-state index in [2.05, 4.69) is 20.3 Å². The molecule has 10 heavy (non-hydrogen) atoms. The molecule has 0 aliphatic carbocycles. The Morgan fingerprint density at radius 2 is 2.40 bits per heavy atom. The number of rotatable bonds is 0. The van der Waals surface area contributed by atoms with E-state index in [0.717, 1.165) is 0 Å². The molecule has 0 spiro atoms. The summed E-state index contributed by atoms with van der Waals surface area (Å²) in [6, 6.07) is 0. The van der Waals surface area contributed by atoms with Gasteiger partial charge in [0.15, 0.2) is 0 Å². The first-order chi connectivity index (χ1) is 4.86. The molecule has 2 heterocycles. The molecule has 0 unspecified atom stereocenters. The number of nitrogens with one attached hydrogen (secondary N) is 1. The van der Waals surface area contributed by atoms with Crippen LogP contribution in [0.15, 0.2) is 17.2 Å². The Morgan fingerprint density at radius 1 is 1.50 bits per heavy atom. The fraction of sp³-hybridized carbons (Fsp3) is 0. The molecule has 0 aromatic carbocycles. The lowest BCUT2D eigenvalue weighted by atomic mass is 11.0. The highest BCUT2D eigenvalue weighted by Crippen LogP contribution is 1.84. The van der Waals surface area contributed by atoms with Crippen molar-refractivity contribution in [1.82, 2.24) is 24.8 Å². The second-order valence-corrected chi connectivity index (χ2v) is 1.71. The Balaban J connectivity index is 2.99. The average molecular weight is 137 g/mol. The van der Waals surface area contributed by atoms with Crippen LogP contribution in [0, 0.1) is 0 Å². The van der Waals surface area contributed by atoms with Crippen LogP contribution >= 0.6 is 0 Å². The Labute approximate surface area is 54.5 Å². The molecule has 0 atom stereocenters. The van der Waals surface area contributed by atoms with Crippen molar-refractivity contribution in [3.63, 3.8) is 0 Å². The Morgan fingerprint density at radius 3 is 3.30 bits per heavy atom. The third-order valence-corrected chi connectivity index (χ3v) is 1.07. The van der Waals surface area contributed by atoms with Crippen LogP contribution in [0.3, 0.4) is 0 Å². The minimum Gasteiger partial charge on any atom is -0.243 e. The molecule has 0 fully saturated rings. The number of nitrogens with zero attached hydrogens (tertiary/aromatic N) is 4. The van der Waals surface area contributed by atoms with E-state index in [4.69, 9.17) is 0 Å². The summed E-state index contributed by atoms with van der Waals surface area (Å²) in [7, 11) is 0. The van der Waals surface area contributed by atoms with E-state index >= 15 is 0 Å². The third-order valence-electron chi connectivity index (χ3n) is 1.07. The van der Waals surface area contributed by atoms with Gasteiger partial charge in [0.2, 0.25) is 0 Å². The molecule has 2 aromatic rings. The normalized spacial score (nSPS) is 10.4. The Kier molecular flexibility index (Phi) is 0.830. The fourth-order valence-electron chi connectivity index (χ4n) is 0.672. The molecule has 1 N–H and O–H groups in total. The van der Waals surface area contributed by atoms with E-state index in [0.29, 0.717) is 5.78 Å². The van der Waals surface area contributed by atoms with E-state index in [9.17, 15) is 4.79 Å². The van der Waals surface area contributed by atoms with Crippen molar-refractivity contribution in [2.45, 2.75) is 0 Å². The number of fused-ring (bicyclic) bond motifs is 1. The van der Waals surface area contributed by atoms with Crippen LogP contribution in [0.25, 0.3) is 5.78 Å². The SMILES string of the molecule is O=c1nnc2nccn2[nH]1. The first-order valence-electron chi connectivity index (χ1n) is 2.62. The molecule has 0 saturated carbocycles. The number of hydrogen-bond donors (Lipinski definition) is 1. The maximum atomic E-state index is 10.5. The molecule has 0 bridgehead atoms. The smallest absolute Gasteiger partial charge is 0.243 e. The minimum absolute atomic E-state index is 0.389. The number of imidazole rings is 1. The average Bonchev–Trinajstić information content (AvgIpc) is 2.33. The molecule has 0 saturated heterocycles. The number of hydrogen-bond acceptors (Lipinski definition) is 4. The van der Waals surface area contributed by atoms with E-state index in [1.165, 1.54) is 10.7 Å². The topological polar surface area (TPSA) is 75.9 Å². The van der Waals surface area contributed by atoms with Gasteiger partial charge in [-0.2, -0.15) is 0 Å². The Bertz CT molecular complexity index is 401. The van der Waals surface area contributed by atoms with Crippen LogP contribution in [-0.4, -0.2) is 24.8 Å². The molecular weight excluding hydrogens is 134 g/mol.